The minimum absolute atomic E-state index is 0.679. The molecular formula is C10H13BrO2. The molecule has 13 heavy (non-hydrogen) atoms. The Morgan fingerprint density at radius 3 is 2.54 bits per heavy atom. The van der Waals surface area contributed by atoms with Gasteiger partial charge in [0.25, 0.3) is 0 Å². The fourth-order valence-corrected chi connectivity index (χ4v) is 1.91. The standard InChI is InChI=1S/C10H13BrO2/c1-4-13-8-5-7(2)10(12-3)9(11)6-8/h5-6H,4H2,1-3H3. The lowest BCUT2D eigenvalue weighted by molar-refractivity contribution is 0.338. The summed E-state index contributed by atoms with van der Waals surface area (Å²) < 4.78 is 11.5. The lowest BCUT2D eigenvalue weighted by atomic mass is 10.2. The van der Waals surface area contributed by atoms with Crippen LogP contribution < -0.4 is 9.47 Å². The minimum Gasteiger partial charge on any atom is -0.495 e. The van der Waals surface area contributed by atoms with Crippen molar-refractivity contribution in [2.45, 2.75) is 13.8 Å². The normalized spacial score (nSPS) is 9.85. The Morgan fingerprint density at radius 1 is 1.38 bits per heavy atom. The van der Waals surface area contributed by atoms with Crippen molar-refractivity contribution >= 4 is 15.9 Å². The average Bonchev–Trinajstić information content (AvgIpc) is 2.04. The van der Waals surface area contributed by atoms with Crippen molar-refractivity contribution in [1.82, 2.24) is 0 Å². The van der Waals surface area contributed by atoms with Gasteiger partial charge in [-0.15, -0.1) is 0 Å². The van der Waals surface area contributed by atoms with E-state index in [0.29, 0.717) is 6.61 Å². The van der Waals surface area contributed by atoms with Crippen LogP contribution in [0, 0.1) is 6.92 Å². The predicted octanol–water partition coefficient (Wildman–Crippen LogP) is 3.16. The Kier molecular flexibility index (Phi) is 3.60. The second-order valence-electron chi connectivity index (χ2n) is 2.69. The molecule has 1 aromatic carbocycles. The van der Waals surface area contributed by atoms with Gasteiger partial charge in [0.2, 0.25) is 0 Å². The van der Waals surface area contributed by atoms with Crippen molar-refractivity contribution in [1.29, 1.82) is 0 Å². The molecule has 0 amide bonds. The Hall–Kier alpha value is -0.700. The molecule has 0 bridgehead atoms. The first kappa shape index (κ1) is 10.4. The number of halogens is 1. The van der Waals surface area contributed by atoms with Gasteiger partial charge < -0.3 is 9.47 Å². The Bertz CT molecular complexity index is 274. The van der Waals surface area contributed by atoms with E-state index in [0.717, 1.165) is 21.5 Å². The van der Waals surface area contributed by atoms with Crippen molar-refractivity contribution in [2.24, 2.45) is 0 Å². The van der Waals surface area contributed by atoms with Gasteiger partial charge in [-0.05, 0) is 47.5 Å². The first-order valence-electron chi connectivity index (χ1n) is 4.16. The molecule has 0 aliphatic heterocycles. The third kappa shape index (κ3) is 2.37. The summed E-state index contributed by atoms with van der Waals surface area (Å²) in [4.78, 5) is 0. The van der Waals surface area contributed by atoms with E-state index < -0.39 is 0 Å². The Balaban J connectivity index is 3.05. The molecule has 0 unspecified atom stereocenters. The lowest BCUT2D eigenvalue weighted by Gasteiger charge is -2.10. The summed E-state index contributed by atoms with van der Waals surface area (Å²) in [5.74, 6) is 1.73. The van der Waals surface area contributed by atoms with Gasteiger partial charge in [0, 0.05) is 0 Å². The lowest BCUT2D eigenvalue weighted by Crippen LogP contribution is -1.94. The molecule has 0 saturated heterocycles. The highest BCUT2D eigenvalue weighted by atomic mass is 79.9. The summed E-state index contributed by atoms with van der Waals surface area (Å²) in [6.45, 7) is 4.64. The molecular weight excluding hydrogens is 232 g/mol. The SMILES string of the molecule is CCOc1cc(C)c(OC)c(Br)c1. The van der Waals surface area contributed by atoms with Crippen LogP contribution in [0.15, 0.2) is 16.6 Å². The smallest absolute Gasteiger partial charge is 0.136 e. The number of hydrogen-bond acceptors (Lipinski definition) is 2. The van der Waals surface area contributed by atoms with Crippen molar-refractivity contribution in [2.75, 3.05) is 13.7 Å². The van der Waals surface area contributed by atoms with E-state index in [2.05, 4.69) is 15.9 Å². The van der Waals surface area contributed by atoms with Gasteiger partial charge in [-0.1, -0.05) is 0 Å². The van der Waals surface area contributed by atoms with E-state index in [9.17, 15) is 0 Å². The number of rotatable bonds is 3. The van der Waals surface area contributed by atoms with Crippen LogP contribution in [0.4, 0.5) is 0 Å². The summed E-state index contributed by atoms with van der Waals surface area (Å²) in [6.07, 6.45) is 0. The van der Waals surface area contributed by atoms with Crippen LogP contribution in [0.5, 0.6) is 11.5 Å². The molecule has 1 aromatic rings. The fourth-order valence-electron chi connectivity index (χ4n) is 1.21. The summed E-state index contributed by atoms with van der Waals surface area (Å²) in [5.41, 5.74) is 1.07. The fraction of sp³-hybridized carbons (Fsp3) is 0.400. The molecule has 0 heterocycles. The monoisotopic (exact) mass is 244 g/mol. The summed E-state index contributed by atoms with van der Waals surface area (Å²) in [5, 5.41) is 0. The highest BCUT2D eigenvalue weighted by molar-refractivity contribution is 9.10. The summed E-state index contributed by atoms with van der Waals surface area (Å²) in [7, 11) is 1.66. The van der Waals surface area contributed by atoms with Gasteiger partial charge in [-0.3, -0.25) is 0 Å². The molecule has 72 valence electrons. The zero-order valence-electron chi connectivity index (χ0n) is 8.06. The third-order valence-corrected chi connectivity index (χ3v) is 2.31. The first-order valence-corrected chi connectivity index (χ1v) is 4.95. The highest BCUT2D eigenvalue weighted by Crippen LogP contribution is 2.32. The largest absolute Gasteiger partial charge is 0.495 e. The number of aryl methyl sites for hydroxylation is 1. The van der Waals surface area contributed by atoms with Gasteiger partial charge in [-0.25, -0.2) is 0 Å². The minimum atomic E-state index is 0.679. The Morgan fingerprint density at radius 2 is 2.08 bits per heavy atom. The zero-order chi connectivity index (χ0) is 9.84. The summed E-state index contributed by atoms with van der Waals surface area (Å²) in [6, 6.07) is 3.88. The van der Waals surface area contributed by atoms with Crippen molar-refractivity contribution < 1.29 is 9.47 Å². The molecule has 0 spiro atoms. The third-order valence-electron chi connectivity index (χ3n) is 1.72. The van der Waals surface area contributed by atoms with Crippen LogP contribution in [0.2, 0.25) is 0 Å². The molecule has 0 radical (unpaired) electrons. The molecule has 0 saturated carbocycles. The maximum Gasteiger partial charge on any atom is 0.136 e. The first-order chi connectivity index (χ1) is 6.19. The van der Waals surface area contributed by atoms with Crippen LogP contribution in [-0.2, 0) is 0 Å². The Labute approximate surface area is 87.0 Å². The van der Waals surface area contributed by atoms with Crippen molar-refractivity contribution in [3.63, 3.8) is 0 Å². The van der Waals surface area contributed by atoms with Crippen LogP contribution >= 0.6 is 15.9 Å². The zero-order valence-corrected chi connectivity index (χ0v) is 9.64. The molecule has 0 fully saturated rings. The van der Waals surface area contributed by atoms with E-state index >= 15 is 0 Å². The predicted molar refractivity (Wildman–Crippen MR) is 56.6 cm³/mol. The van der Waals surface area contributed by atoms with Gasteiger partial charge in [0.05, 0.1) is 18.2 Å². The molecule has 0 N–H and O–H groups in total. The van der Waals surface area contributed by atoms with E-state index in [1.54, 1.807) is 7.11 Å². The van der Waals surface area contributed by atoms with E-state index in [-0.39, 0.29) is 0 Å². The number of methoxy groups -OCH3 is 1. The van der Waals surface area contributed by atoms with Crippen LogP contribution in [0.3, 0.4) is 0 Å². The van der Waals surface area contributed by atoms with E-state index in [1.807, 2.05) is 26.0 Å². The van der Waals surface area contributed by atoms with Gasteiger partial charge in [0.15, 0.2) is 0 Å². The van der Waals surface area contributed by atoms with Crippen LogP contribution in [0.25, 0.3) is 0 Å². The molecule has 0 aromatic heterocycles. The molecule has 0 aliphatic rings. The highest BCUT2D eigenvalue weighted by Gasteiger charge is 2.06. The second-order valence-corrected chi connectivity index (χ2v) is 3.54. The number of ether oxygens (including phenoxy) is 2. The van der Waals surface area contributed by atoms with Crippen LogP contribution in [-0.4, -0.2) is 13.7 Å². The quantitative estimate of drug-likeness (QED) is 0.814. The second kappa shape index (κ2) is 4.51. The molecule has 2 nitrogen and oxygen atoms in total. The van der Waals surface area contributed by atoms with E-state index in [4.69, 9.17) is 9.47 Å². The molecule has 0 atom stereocenters. The number of hydrogen-bond donors (Lipinski definition) is 0. The molecule has 0 aliphatic carbocycles. The molecule has 1 rings (SSSR count). The van der Waals surface area contributed by atoms with Crippen LogP contribution in [0.1, 0.15) is 12.5 Å². The maximum absolute atomic E-state index is 5.38. The van der Waals surface area contributed by atoms with Gasteiger partial charge in [0.1, 0.15) is 11.5 Å². The average molecular weight is 245 g/mol. The van der Waals surface area contributed by atoms with Gasteiger partial charge >= 0.3 is 0 Å². The van der Waals surface area contributed by atoms with Crippen molar-refractivity contribution in [3.05, 3.63) is 22.2 Å². The van der Waals surface area contributed by atoms with E-state index in [1.165, 1.54) is 0 Å². The maximum atomic E-state index is 5.38. The summed E-state index contributed by atoms with van der Waals surface area (Å²) >= 11 is 3.42. The van der Waals surface area contributed by atoms with Gasteiger partial charge in [-0.2, -0.15) is 0 Å². The van der Waals surface area contributed by atoms with Crippen molar-refractivity contribution in [3.8, 4) is 11.5 Å². The molecule has 3 heteroatoms. The number of benzene rings is 1. The topological polar surface area (TPSA) is 18.5 Å².